The van der Waals surface area contributed by atoms with Crippen LogP contribution >= 0.6 is 11.6 Å². The Morgan fingerprint density at radius 3 is 2.50 bits per heavy atom. The molecule has 0 aliphatic carbocycles. The van der Waals surface area contributed by atoms with Crippen molar-refractivity contribution in [1.82, 2.24) is 5.43 Å². The summed E-state index contributed by atoms with van der Waals surface area (Å²) < 4.78 is 35.6. The van der Waals surface area contributed by atoms with E-state index in [9.17, 15) is 9.18 Å². The van der Waals surface area contributed by atoms with E-state index >= 15 is 0 Å². The maximum atomic E-state index is 13.9. The van der Waals surface area contributed by atoms with Crippen LogP contribution in [0.15, 0.2) is 59.7 Å². The first-order valence-corrected chi connectivity index (χ1v) is 10.7. The fourth-order valence-electron chi connectivity index (χ4n) is 3.03. The maximum Gasteiger partial charge on any atom is 0.271 e. The van der Waals surface area contributed by atoms with Gasteiger partial charge in [0.1, 0.15) is 12.4 Å². The van der Waals surface area contributed by atoms with Gasteiger partial charge in [0.15, 0.2) is 23.0 Å². The maximum absolute atomic E-state index is 13.9. The zero-order valence-corrected chi connectivity index (χ0v) is 19.7. The van der Waals surface area contributed by atoms with E-state index in [1.807, 2.05) is 6.92 Å². The van der Waals surface area contributed by atoms with Crippen molar-refractivity contribution in [2.24, 2.45) is 5.10 Å². The molecule has 0 heterocycles. The highest BCUT2D eigenvalue weighted by atomic mass is 35.5. The first-order chi connectivity index (χ1) is 16.5. The Labute approximate surface area is 202 Å². The van der Waals surface area contributed by atoms with Crippen molar-refractivity contribution < 1.29 is 28.1 Å². The Balaban J connectivity index is 1.69. The van der Waals surface area contributed by atoms with E-state index in [1.165, 1.54) is 26.5 Å². The molecular weight excluding hydrogens is 463 g/mol. The summed E-state index contributed by atoms with van der Waals surface area (Å²) in [4.78, 5) is 12.4. The molecule has 0 fully saturated rings. The Morgan fingerprint density at radius 1 is 1.03 bits per heavy atom. The molecule has 3 aromatic rings. The summed E-state index contributed by atoms with van der Waals surface area (Å²) in [5, 5.41) is 4.23. The van der Waals surface area contributed by atoms with E-state index in [1.54, 1.807) is 48.5 Å². The van der Waals surface area contributed by atoms with E-state index in [2.05, 4.69) is 10.5 Å². The zero-order valence-electron chi connectivity index (χ0n) is 18.9. The van der Waals surface area contributed by atoms with Crippen LogP contribution in [-0.2, 0) is 6.61 Å². The van der Waals surface area contributed by atoms with Gasteiger partial charge < -0.3 is 18.9 Å². The number of rotatable bonds is 10. The van der Waals surface area contributed by atoms with Gasteiger partial charge in [0, 0.05) is 11.1 Å². The van der Waals surface area contributed by atoms with Gasteiger partial charge in [-0.1, -0.05) is 29.8 Å². The summed E-state index contributed by atoms with van der Waals surface area (Å²) >= 11 is 6.36. The number of nitrogens with zero attached hydrogens (tertiary/aromatic N) is 1. The van der Waals surface area contributed by atoms with Gasteiger partial charge in [-0.15, -0.1) is 0 Å². The van der Waals surface area contributed by atoms with Crippen LogP contribution in [0.25, 0.3) is 0 Å². The number of methoxy groups -OCH3 is 2. The Morgan fingerprint density at radius 2 is 1.79 bits per heavy atom. The lowest BCUT2D eigenvalue weighted by Gasteiger charge is -2.13. The molecule has 3 rings (SSSR count). The standard InChI is InChI=1S/C25H24ClFN2O5/c1-4-33-21-10-9-17(13-22(21)31-2)25(30)29-28-14-16-11-19(26)24(23(12-16)32-3)34-15-18-7-5-6-8-20(18)27/h5-14H,4,15H2,1-3H3,(H,29,30)/b28-14+. The summed E-state index contributed by atoms with van der Waals surface area (Å²) in [6, 6.07) is 14.4. The second-order valence-corrected chi connectivity index (χ2v) is 7.32. The third-order valence-electron chi connectivity index (χ3n) is 4.69. The van der Waals surface area contributed by atoms with E-state index in [0.717, 1.165) is 0 Å². The average Bonchev–Trinajstić information content (AvgIpc) is 2.84. The summed E-state index contributed by atoms with van der Waals surface area (Å²) in [5.74, 6) is 0.802. The van der Waals surface area contributed by atoms with Crippen LogP contribution in [0.2, 0.25) is 5.02 Å². The van der Waals surface area contributed by atoms with Crippen LogP contribution < -0.4 is 24.4 Å². The van der Waals surface area contributed by atoms with Crippen molar-refractivity contribution in [3.8, 4) is 23.0 Å². The number of carbonyl (C=O) groups excluding carboxylic acids is 1. The molecule has 0 radical (unpaired) electrons. The Hall–Kier alpha value is -3.78. The molecule has 7 nitrogen and oxygen atoms in total. The predicted molar refractivity (Wildman–Crippen MR) is 128 cm³/mol. The largest absolute Gasteiger partial charge is 0.493 e. The van der Waals surface area contributed by atoms with Crippen LogP contribution in [0.1, 0.15) is 28.4 Å². The molecule has 0 aliphatic heterocycles. The minimum Gasteiger partial charge on any atom is -0.493 e. The van der Waals surface area contributed by atoms with Crippen molar-refractivity contribution in [2.45, 2.75) is 13.5 Å². The van der Waals surface area contributed by atoms with E-state index < -0.39 is 5.91 Å². The van der Waals surface area contributed by atoms with Crippen LogP contribution in [0.4, 0.5) is 4.39 Å². The van der Waals surface area contributed by atoms with Crippen LogP contribution in [0.5, 0.6) is 23.0 Å². The van der Waals surface area contributed by atoms with Gasteiger partial charge in [0.2, 0.25) is 0 Å². The molecule has 9 heteroatoms. The summed E-state index contributed by atoms with van der Waals surface area (Å²) in [7, 11) is 2.96. The van der Waals surface area contributed by atoms with E-state index in [0.29, 0.717) is 40.5 Å². The van der Waals surface area contributed by atoms with Crippen molar-refractivity contribution in [1.29, 1.82) is 0 Å². The molecule has 178 valence electrons. The van der Waals surface area contributed by atoms with Crippen molar-refractivity contribution in [3.05, 3.63) is 82.1 Å². The molecule has 0 spiro atoms. The third kappa shape index (κ3) is 6.17. The minimum absolute atomic E-state index is 0.0161. The molecule has 0 atom stereocenters. The lowest BCUT2D eigenvalue weighted by atomic mass is 10.2. The number of amides is 1. The SMILES string of the molecule is CCOc1ccc(C(=O)N/N=C/c2cc(Cl)c(OCc3ccccc3F)c(OC)c2)cc1OC. The van der Waals surface area contributed by atoms with E-state index in [-0.39, 0.29) is 23.2 Å². The van der Waals surface area contributed by atoms with Gasteiger partial charge in [0.25, 0.3) is 5.91 Å². The van der Waals surface area contributed by atoms with Crippen molar-refractivity contribution >= 4 is 23.7 Å². The third-order valence-corrected chi connectivity index (χ3v) is 4.97. The first kappa shape index (κ1) is 24.9. The number of benzene rings is 3. The summed E-state index contributed by atoms with van der Waals surface area (Å²) in [6.45, 7) is 2.32. The zero-order chi connectivity index (χ0) is 24.5. The van der Waals surface area contributed by atoms with Gasteiger partial charge >= 0.3 is 0 Å². The Kier molecular flexibility index (Phi) is 8.70. The average molecular weight is 487 g/mol. The number of halogens is 2. The number of carbonyl (C=O) groups is 1. The van der Waals surface area contributed by atoms with Gasteiger partial charge in [0.05, 0.1) is 32.1 Å². The normalized spacial score (nSPS) is 10.7. The van der Waals surface area contributed by atoms with Gasteiger partial charge in [-0.05, 0) is 48.9 Å². The van der Waals surface area contributed by atoms with Gasteiger partial charge in [-0.25, -0.2) is 9.82 Å². The molecule has 0 saturated heterocycles. The molecule has 1 amide bonds. The number of hydrogen-bond acceptors (Lipinski definition) is 6. The van der Waals surface area contributed by atoms with Crippen molar-refractivity contribution in [3.63, 3.8) is 0 Å². The smallest absolute Gasteiger partial charge is 0.271 e. The van der Waals surface area contributed by atoms with Crippen LogP contribution in [0.3, 0.4) is 0 Å². The van der Waals surface area contributed by atoms with Gasteiger partial charge in [-0.2, -0.15) is 5.10 Å². The summed E-state index contributed by atoms with van der Waals surface area (Å²) in [6.07, 6.45) is 1.42. The molecule has 0 bridgehead atoms. The molecule has 34 heavy (non-hydrogen) atoms. The fourth-order valence-corrected chi connectivity index (χ4v) is 3.31. The van der Waals surface area contributed by atoms with Crippen LogP contribution in [0, 0.1) is 5.82 Å². The number of ether oxygens (including phenoxy) is 4. The lowest BCUT2D eigenvalue weighted by Crippen LogP contribution is -2.17. The van der Waals surface area contributed by atoms with Crippen LogP contribution in [-0.4, -0.2) is 32.9 Å². The molecule has 0 aromatic heterocycles. The van der Waals surface area contributed by atoms with E-state index in [4.69, 9.17) is 30.5 Å². The predicted octanol–water partition coefficient (Wildman–Crippen LogP) is 5.24. The molecule has 1 N–H and O–H groups in total. The molecule has 0 saturated carbocycles. The highest BCUT2D eigenvalue weighted by Crippen LogP contribution is 2.36. The number of hydrazone groups is 1. The minimum atomic E-state index is -0.430. The molecule has 0 unspecified atom stereocenters. The lowest BCUT2D eigenvalue weighted by molar-refractivity contribution is 0.0954. The molecular formula is C25H24ClFN2O5. The monoisotopic (exact) mass is 486 g/mol. The second-order valence-electron chi connectivity index (χ2n) is 6.91. The Bertz CT molecular complexity index is 1190. The highest BCUT2D eigenvalue weighted by Gasteiger charge is 2.14. The summed E-state index contributed by atoms with van der Waals surface area (Å²) in [5.41, 5.74) is 3.75. The van der Waals surface area contributed by atoms with Crippen molar-refractivity contribution in [2.75, 3.05) is 20.8 Å². The first-order valence-electron chi connectivity index (χ1n) is 10.3. The quantitative estimate of drug-likeness (QED) is 0.313. The fraction of sp³-hybridized carbons (Fsp3) is 0.200. The molecule has 3 aromatic carbocycles. The number of nitrogens with one attached hydrogen (secondary N) is 1. The second kappa shape index (κ2) is 11.9. The number of hydrogen-bond donors (Lipinski definition) is 1. The highest BCUT2D eigenvalue weighted by molar-refractivity contribution is 6.32. The topological polar surface area (TPSA) is 78.4 Å². The molecule has 0 aliphatic rings. The van der Waals surface area contributed by atoms with Gasteiger partial charge in [-0.3, -0.25) is 4.79 Å².